The van der Waals surface area contributed by atoms with Crippen molar-refractivity contribution < 1.29 is 9.84 Å². The van der Waals surface area contributed by atoms with Gasteiger partial charge in [-0.1, -0.05) is 32.9 Å². The topological polar surface area (TPSA) is 41.5 Å². The van der Waals surface area contributed by atoms with Crippen molar-refractivity contribution in [1.29, 1.82) is 0 Å². The lowest BCUT2D eigenvalue weighted by atomic mass is 9.88. The molecule has 102 valence electrons. The molecule has 3 heteroatoms. The molecule has 18 heavy (non-hydrogen) atoms. The molecule has 0 aliphatic rings. The van der Waals surface area contributed by atoms with Crippen LogP contribution in [0.2, 0.25) is 0 Å². The van der Waals surface area contributed by atoms with Gasteiger partial charge in [0.2, 0.25) is 0 Å². The Hall–Kier alpha value is -1.06. The first-order valence-corrected chi connectivity index (χ1v) is 6.45. The van der Waals surface area contributed by atoms with E-state index in [0.717, 1.165) is 12.2 Å². The first-order chi connectivity index (χ1) is 8.40. The second-order valence-corrected chi connectivity index (χ2v) is 5.90. The van der Waals surface area contributed by atoms with Gasteiger partial charge in [-0.3, -0.25) is 0 Å². The van der Waals surface area contributed by atoms with E-state index in [0.29, 0.717) is 18.6 Å². The molecule has 1 rings (SSSR count). The van der Waals surface area contributed by atoms with Crippen molar-refractivity contribution >= 4 is 0 Å². The van der Waals surface area contributed by atoms with Crippen LogP contribution in [0.1, 0.15) is 26.3 Å². The molecule has 0 aliphatic carbocycles. The Kier molecular flexibility index (Phi) is 5.63. The van der Waals surface area contributed by atoms with Gasteiger partial charge in [-0.2, -0.15) is 0 Å². The molecule has 1 atom stereocenters. The second kappa shape index (κ2) is 6.76. The number of benzene rings is 1. The molecule has 1 aromatic carbocycles. The first-order valence-electron chi connectivity index (χ1n) is 6.45. The smallest absolute Gasteiger partial charge is 0.119 e. The summed E-state index contributed by atoms with van der Waals surface area (Å²) in [5.41, 5.74) is 1.61. The lowest BCUT2D eigenvalue weighted by Crippen LogP contribution is -2.29. The number of aliphatic hydroxyl groups is 1. The van der Waals surface area contributed by atoms with E-state index >= 15 is 0 Å². The minimum atomic E-state index is -0.468. The lowest BCUT2D eigenvalue weighted by Gasteiger charge is -2.18. The summed E-state index contributed by atoms with van der Waals surface area (Å²) < 4.78 is 5.52. The van der Waals surface area contributed by atoms with Gasteiger partial charge >= 0.3 is 0 Å². The van der Waals surface area contributed by atoms with Crippen LogP contribution >= 0.6 is 0 Å². The number of nitrogens with one attached hydrogen (secondary N) is 1. The van der Waals surface area contributed by atoms with Gasteiger partial charge in [-0.15, -0.1) is 0 Å². The number of hydrogen-bond donors (Lipinski definition) is 2. The van der Waals surface area contributed by atoms with Gasteiger partial charge in [0.25, 0.3) is 0 Å². The number of likely N-dealkylation sites (N-methyl/N-ethyl adjacent to an activating group) is 1. The fourth-order valence-electron chi connectivity index (χ4n) is 1.80. The summed E-state index contributed by atoms with van der Waals surface area (Å²) in [6, 6.07) is 8.11. The number of aliphatic hydroxyl groups excluding tert-OH is 1. The molecular weight excluding hydrogens is 226 g/mol. The molecule has 2 N–H and O–H groups in total. The van der Waals surface area contributed by atoms with E-state index in [2.05, 4.69) is 38.2 Å². The molecule has 0 heterocycles. The van der Waals surface area contributed by atoms with Crippen molar-refractivity contribution in [3.63, 3.8) is 0 Å². The Morgan fingerprint density at radius 2 is 1.83 bits per heavy atom. The molecule has 0 saturated carbocycles. The van der Waals surface area contributed by atoms with E-state index in [1.165, 1.54) is 5.56 Å². The zero-order valence-corrected chi connectivity index (χ0v) is 11.9. The zero-order chi connectivity index (χ0) is 13.6. The van der Waals surface area contributed by atoms with Crippen LogP contribution in [-0.4, -0.2) is 31.4 Å². The molecule has 0 aliphatic heterocycles. The molecule has 0 radical (unpaired) electrons. The van der Waals surface area contributed by atoms with Crippen molar-refractivity contribution in [3.05, 3.63) is 29.8 Å². The molecular formula is C15H25NO2. The summed E-state index contributed by atoms with van der Waals surface area (Å²) in [6.45, 7) is 7.55. The van der Waals surface area contributed by atoms with Crippen molar-refractivity contribution in [2.45, 2.75) is 33.3 Å². The van der Waals surface area contributed by atoms with Gasteiger partial charge in [0, 0.05) is 6.54 Å². The lowest BCUT2D eigenvalue weighted by molar-refractivity contribution is 0.108. The van der Waals surface area contributed by atoms with Gasteiger partial charge in [-0.25, -0.2) is 0 Å². The standard InChI is InChI=1S/C15H25NO2/c1-15(2,3)9-12-5-7-14(8-6-12)18-11-13(17)10-16-4/h5-8,13,16-17H,9-11H2,1-4H3. The van der Waals surface area contributed by atoms with E-state index in [4.69, 9.17) is 4.74 Å². The third-order valence-electron chi connectivity index (χ3n) is 2.54. The van der Waals surface area contributed by atoms with Crippen LogP contribution in [0, 0.1) is 5.41 Å². The molecule has 0 spiro atoms. The minimum absolute atomic E-state index is 0.297. The Morgan fingerprint density at radius 3 is 2.33 bits per heavy atom. The average molecular weight is 251 g/mol. The van der Waals surface area contributed by atoms with Crippen LogP contribution < -0.4 is 10.1 Å². The van der Waals surface area contributed by atoms with Crippen LogP contribution in [0.15, 0.2) is 24.3 Å². The molecule has 0 saturated heterocycles. The molecule has 0 amide bonds. The van der Waals surface area contributed by atoms with Gasteiger partial charge in [0.1, 0.15) is 18.5 Å². The highest BCUT2D eigenvalue weighted by molar-refractivity contribution is 5.27. The van der Waals surface area contributed by atoms with E-state index in [-0.39, 0.29) is 0 Å². The SMILES string of the molecule is CNCC(O)COc1ccc(CC(C)(C)C)cc1. The number of hydrogen-bond acceptors (Lipinski definition) is 3. The summed E-state index contributed by atoms with van der Waals surface area (Å²) >= 11 is 0. The third kappa shape index (κ3) is 6.03. The van der Waals surface area contributed by atoms with Crippen molar-refractivity contribution in [2.24, 2.45) is 5.41 Å². The Labute approximate surface area is 110 Å². The summed E-state index contributed by atoms with van der Waals surface area (Å²) in [5.74, 6) is 0.808. The van der Waals surface area contributed by atoms with Crippen LogP contribution in [0.25, 0.3) is 0 Å². The largest absolute Gasteiger partial charge is 0.491 e. The monoisotopic (exact) mass is 251 g/mol. The van der Waals surface area contributed by atoms with Crippen molar-refractivity contribution in [3.8, 4) is 5.75 Å². The normalized spacial score (nSPS) is 13.4. The predicted octanol–water partition coefficient (Wildman–Crippen LogP) is 2.23. The molecule has 0 aromatic heterocycles. The third-order valence-corrected chi connectivity index (χ3v) is 2.54. The number of rotatable bonds is 6. The van der Waals surface area contributed by atoms with Gasteiger partial charge in [-0.05, 0) is 36.6 Å². The van der Waals surface area contributed by atoms with E-state index in [1.807, 2.05) is 19.2 Å². The highest BCUT2D eigenvalue weighted by Gasteiger charge is 2.11. The van der Waals surface area contributed by atoms with E-state index < -0.39 is 6.10 Å². The zero-order valence-electron chi connectivity index (χ0n) is 11.9. The van der Waals surface area contributed by atoms with E-state index in [9.17, 15) is 5.11 Å². The highest BCUT2D eigenvalue weighted by atomic mass is 16.5. The first kappa shape index (κ1) is 15.0. The summed E-state index contributed by atoms with van der Waals surface area (Å²) in [6.07, 6.45) is 0.583. The summed E-state index contributed by atoms with van der Waals surface area (Å²) in [7, 11) is 1.81. The van der Waals surface area contributed by atoms with Gasteiger partial charge in [0.05, 0.1) is 0 Å². The highest BCUT2D eigenvalue weighted by Crippen LogP contribution is 2.22. The number of ether oxygens (including phenoxy) is 1. The van der Waals surface area contributed by atoms with Crippen LogP contribution in [0.5, 0.6) is 5.75 Å². The van der Waals surface area contributed by atoms with Crippen molar-refractivity contribution in [1.82, 2.24) is 5.32 Å². The van der Waals surface area contributed by atoms with E-state index in [1.54, 1.807) is 0 Å². The Morgan fingerprint density at radius 1 is 1.22 bits per heavy atom. The second-order valence-electron chi connectivity index (χ2n) is 5.90. The molecule has 0 bridgehead atoms. The minimum Gasteiger partial charge on any atom is -0.491 e. The maximum atomic E-state index is 9.53. The van der Waals surface area contributed by atoms with Gasteiger partial charge < -0.3 is 15.2 Å². The predicted molar refractivity (Wildman–Crippen MR) is 75.0 cm³/mol. The van der Waals surface area contributed by atoms with Crippen LogP contribution in [0.4, 0.5) is 0 Å². The Bertz CT molecular complexity index is 341. The average Bonchev–Trinajstić information content (AvgIpc) is 2.26. The summed E-state index contributed by atoms with van der Waals surface area (Å²) in [4.78, 5) is 0. The fraction of sp³-hybridized carbons (Fsp3) is 0.600. The fourth-order valence-corrected chi connectivity index (χ4v) is 1.80. The van der Waals surface area contributed by atoms with Gasteiger partial charge in [0.15, 0.2) is 0 Å². The quantitative estimate of drug-likeness (QED) is 0.814. The molecule has 1 aromatic rings. The molecule has 3 nitrogen and oxygen atoms in total. The van der Waals surface area contributed by atoms with Crippen molar-refractivity contribution in [2.75, 3.05) is 20.2 Å². The molecule has 1 unspecified atom stereocenters. The maximum absolute atomic E-state index is 9.53. The maximum Gasteiger partial charge on any atom is 0.119 e. The Balaban J connectivity index is 2.45. The van der Waals surface area contributed by atoms with Crippen LogP contribution in [-0.2, 0) is 6.42 Å². The van der Waals surface area contributed by atoms with Crippen LogP contribution in [0.3, 0.4) is 0 Å². The summed E-state index contributed by atoms with van der Waals surface area (Å²) in [5, 5.41) is 12.4. The molecule has 0 fully saturated rings.